The van der Waals surface area contributed by atoms with Gasteiger partial charge in [0.25, 0.3) is 11.8 Å². The Morgan fingerprint density at radius 3 is 2.62 bits per heavy atom. The van der Waals surface area contributed by atoms with Gasteiger partial charge in [0.2, 0.25) is 5.91 Å². The smallest absolute Gasteiger partial charge is 0.276 e. The summed E-state index contributed by atoms with van der Waals surface area (Å²) in [4.78, 5) is 39.8. The van der Waals surface area contributed by atoms with Crippen LogP contribution >= 0.6 is 0 Å². The molecule has 34 heavy (non-hydrogen) atoms. The summed E-state index contributed by atoms with van der Waals surface area (Å²) in [5, 5.41) is 9.57. The van der Waals surface area contributed by atoms with E-state index in [1.807, 2.05) is 36.4 Å². The van der Waals surface area contributed by atoms with Gasteiger partial charge in [0.05, 0.1) is 5.41 Å². The van der Waals surface area contributed by atoms with Crippen LogP contribution in [0.15, 0.2) is 47.0 Å². The van der Waals surface area contributed by atoms with Crippen LogP contribution in [0.1, 0.15) is 41.1 Å². The Bertz CT molecular complexity index is 1070. The summed E-state index contributed by atoms with van der Waals surface area (Å²) in [7, 11) is 0. The molecule has 1 aromatic heterocycles. The zero-order valence-corrected chi connectivity index (χ0v) is 19.3. The molecule has 2 aliphatic rings. The summed E-state index contributed by atoms with van der Waals surface area (Å²) >= 11 is 0. The number of para-hydroxylation sites is 1. The third-order valence-corrected chi connectivity index (χ3v) is 6.41. The van der Waals surface area contributed by atoms with E-state index < -0.39 is 5.41 Å². The Kier molecular flexibility index (Phi) is 7.30. The van der Waals surface area contributed by atoms with Crippen LogP contribution in [-0.4, -0.2) is 60.6 Å². The van der Waals surface area contributed by atoms with E-state index >= 15 is 0 Å². The maximum absolute atomic E-state index is 13.2. The van der Waals surface area contributed by atoms with E-state index in [-0.39, 0.29) is 30.0 Å². The molecule has 2 N–H and O–H groups in total. The fraction of sp³-hybridized carbons (Fsp3) is 0.440. The highest BCUT2D eigenvalue weighted by molar-refractivity contribution is 5.92. The molecule has 2 aliphatic heterocycles. The van der Waals surface area contributed by atoms with Crippen molar-refractivity contribution in [1.29, 1.82) is 0 Å². The van der Waals surface area contributed by atoms with Crippen molar-refractivity contribution in [2.45, 2.75) is 32.6 Å². The third kappa shape index (κ3) is 5.47. The Labute approximate surface area is 198 Å². The van der Waals surface area contributed by atoms with Gasteiger partial charge >= 0.3 is 0 Å². The number of allylic oxidation sites excluding steroid dienone is 2. The molecule has 3 heterocycles. The average molecular weight is 467 g/mol. The molecule has 0 bridgehead atoms. The molecule has 9 nitrogen and oxygen atoms in total. The number of hydrogen-bond donors (Lipinski definition) is 2. The van der Waals surface area contributed by atoms with Crippen LogP contribution in [0.4, 0.5) is 0 Å². The van der Waals surface area contributed by atoms with Gasteiger partial charge in [0.1, 0.15) is 11.5 Å². The number of aryl methyl sites for hydroxylation is 1. The molecule has 1 fully saturated rings. The Morgan fingerprint density at radius 1 is 1.09 bits per heavy atom. The summed E-state index contributed by atoms with van der Waals surface area (Å²) in [6.45, 7) is 3.23. The van der Waals surface area contributed by atoms with Crippen molar-refractivity contribution < 1.29 is 23.6 Å². The Morgan fingerprint density at radius 2 is 1.85 bits per heavy atom. The summed E-state index contributed by atoms with van der Waals surface area (Å²) in [6, 6.07) is 9.25. The quantitative estimate of drug-likeness (QED) is 0.622. The molecule has 0 atom stereocenters. The summed E-state index contributed by atoms with van der Waals surface area (Å²) in [6.07, 6.45) is 6.35. The minimum absolute atomic E-state index is 0.0534. The van der Waals surface area contributed by atoms with Crippen molar-refractivity contribution in [3.63, 3.8) is 0 Å². The number of fused-ring (bicyclic) bond motifs is 1. The van der Waals surface area contributed by atoms with E-state index in [0.29, 0.717) is 63.4 Å². The Balaban J connectivity index is 1.48. The van der Waals surface area contributed by atoms with E-state index in [1.165, 1.54) is 0 Å². The summed E-state index contributed by atoms with van der Waals surface area (Å²) < 4.78 is 10.7. The molecule has 2 aromatic rings. The molecule has 4 rings (SSSR count). The van der Waals surface area contributed by atoms with Gasteiger partial charge in [-0.1, -0.05) is 35.5 Å². The molecule has 3 amide bonds. The van der Waals surface area contributed by atoms with Crippen molar-refractivity contribution in [3.05, 3.63) is 59.5 Å². The topological polar surface area (TPSA) is 114 Å². The largest absolute Gasteiger partial charge is 0.483 e. The predicted molar refractivity (Wildman–Crippen MR) is 124 cm³/mol. The second-order valence-corrected chi connectivity index (χ2v) is 8.78. The van der Waals surface area contributed by atoms with Gasteiger partial charge in [0.15, 0.2) is 12.3 Å². The SMILES string of the molecule is Cc1cc(C(=O)N2CCC3(C/C=C/Cc4ccccc4OCC(=O)NCCNC3=O)CC2)no1. The number of ether oxygens (including phenoxy) is 1. The van der Waals surface area contributed by atoms with Crippen LogP contribution in [0.25, 0.3) is 0 Å². The van der Waals surface area contributed by atoms with Crippen molar-refractivity contribution >= 4 is 17.7 Å². The fourth-order valence-corrected chi connectivity index (χ4v) is 4.38. The van der Waals surface area contributed by atoms with Crippen LogP contribution in [0.2, 0.25) is 0 Å². The van der Waals surface area contributed by atoms with Gasteiger partial charge in [-0.2, -0.15) is 0 Å². The zero-order chi connectivity index (χ0) is 24.0. The van der Waals surface area contributed by atoms with Gasteiger partial charge in [-0.05, 0) is 44.2 Å². The lowest BCUT2D eigenvalue weighted by Gasteiger charge is -2.40. The standard InChI is InChI=1S/C25H30N4O5/c1-18-16-20(28-34-18)23(31)29-14-10-25(11-15-29)9-5-4-7-19-6-2-3-8-21(19)33-17-22(30)26-12-13-27-24(25)32/h2-6,8,16H,7,9-15,17H2,1H3,(H,26,30)(H,27,32)/b5-4+. The highest BCUT2D eigenvalue weighted by Crippen LogP contribution is 2.36. The van der Waals surface area contributed by atoms with Crippen molar-refractivity contribution in [2.75, 3.05) is 32.8 Å². The molecule has 180 valence electrons. The predicted octanol–water partition coefficient (Wildman–Crippen LogP) is 2.02. The lowest BCUT2D eigenvalue weighted by Crippen LogP contribution is -2.51. The molecular formula is C25H30N4O5. The number of likely N-dealkylation sites (tertiary alicyclic amines) is 1. The minimum atomic E-state index is -0.618. The molecule has 9 heteroatoms. The zero-order valence-electron chi connectivity index (χ0n) is 19.3. The molecular weight excluding hydrogens is 436 g/mol. The molecule has 1 spiro atoms. The van der Waals surface area contributed by atoms with E-state index in [1.54, 1.807) is 17.9 Å². The monoisotopic (exact) mass is 466 g/mol. The molecule has 1 saturated heterocycles. The number of rotatable bonds is 1. The minimum Gasteiger partial charge on any atom is -0.483 e. The number of nitrogens with zero attached hydrogens (tertiary/aromatic N) is 2. The maximum Gasteiger partial charge on any atom is 0.276 e. The van der Waals surface area contributed by atoms with Crippen LogP contribution in [0, 0.1) is 12.3 Å². The first-order valence-electron chi connectivity index (χ1n) is 11.6. The number of amides is 3. The van der Waals surface area contributed by atoms with Gasteiger partial charge in [0, 0.05) is 32.2 Å². The molecule has 0 saturated carbocycles. The highest BCUT2D eigenvalue weighted by atomic mass is 16.5. The van der Waals surface area contributed by atoms with Crippen LogP contribution < -0.4 is 15.4 Å². The van der Waals surface area contributed by atoms with E-state index in [2.05, 4.69) is 15.8 Å². The highest BCUT2D eigenvalue weighted by Gasteiger charge is 2.41. The normalized spacial score (nSPS) is 20.2. The number of benzene rings is 1. The van der Waals surface area contributed by atoms with Crippen LogP contribution in [-0.2, 0) is 16.0 Å². The van der Waals surface area contributed by atoms with Gasteiger partial charge < -0.3 is 24.8 Å². The fourth-order valence-electron chi connectivity index (χ4n) is 4.38. The number of aromatic nitrogens is 1. The average Bonchev–Trinajstić information content (AvgIpc) is 3.29. The lowest BCUT2D eigenvalue weighted by atomic mass is 9.74. The van der Waals surface area contributed by atoms with Gasteiger partial charge in [-0.3, -0.25) is 14.4 Å². The number of carbonyl (C=O) groups is 3. The van der Waals surface area contributed by atoms with E-state index in [0.717, 1.165) is 5.56 Å². The van der Waals surface area contributed by atoms with Crippen LogP contribution in [0.3, 0.4) is 0 Å². The van der Waals surface area contributed by atoms with Crippen molar-refractivity contribution in [3.8, 4) is 5.75 Å². The van der Waals surface area contributed by atoms with Gasteiger partial charge in [-0.25, -0.2) is 0 Å². The number of hydrogen-bond acceptors (Lipinski definition) is 6. The van der Waals surface area contributed by atoms with Crippen LogP contribution in [0.5, 0.6) is 5.75 Å². The first-order valence-corrected chi connectivity index (χ1v) is 11.6. The molecule has 0 radical (unpaired) electrons. The molecule has 0 aliphatic carbocycles. The van der Waals surface area contributed by atoms with Crippen molar-refractivity contribution in [2.24, 2.45) is 5.41 Å². The van der Waals surface area contributed by atoms with E-state index in [4.69, 9.17) is 9.26 Å². The molecule has 0 unspecified atom stereocenters. The second kappa shape index (κ2) is 10.5. The first-order chi connectivity index (χ1) is 16.5. The number of piperidine rings is 1. The summed E-state index contributed by atoms with van der Waals surface area (Å²) in [5.74, 6) is 0.791. The van der Waals surface area contributed by atoms with E-state index in [9.17, 15) is 14.4 Å². The summed E-state index contributed by atoms with van der Waals surface area (Å²) in [5.41, 5.74) is 0.646. The second-order valence-electron chi connectivity index (χ2n) is 8.78. The lowest BCUT2D eigenvalue weighted by molar-refractivity contribution is -0.133. The first kappa shape index (κ1) is 23.5. The molecule has 1 aromatic carbocycles. The maximum atomic E-state index is 13.2. The third-order valence-electron chi connectivity index (χ3n) is 6.41. The van der Waals surface area contributed by atoms with Crippen molar-refractivity contribution in [1.82, 2.24) is 20.7 Å². The number of carbonyl (C=O) groups excluding carboxylic acids is 3. The van der Waals surface area contributed by atoms with Gasteiger partial charge in [-0.15, -0.1) is 0 Å². The number of nitrogens with one attached hydrogen (secondary N) is 2. The Hall–Kier alpha value is -3.62.